The Bertz CT molecular complexity index is 34.1. The molecule has 3 heteroatoms. The van der Waals surface area contributed by atoms with Gasteiger partial charge in [0.05, 0.1) is 0 Å². The SMILES string of the molecule is C.C.CCCCI.[CH2-]CCC.[Zn+][Br]. The Morgan fingerprint density at radius 3 is 1.46 bits per heavy atom. The first-order chi connectivity index (χ1) is 5.33. The second-order valence-corrected chi connectivity index (χ2v) is 2.97. The minimum absolute atomic E-state index is 0. The Morgan fingerprint density at radius 1 is 1.15 bits per heavy atom. The monoisotopic (exact) mass is 416 g/mol. The third-order valence-electron chi connectivity index (χ3n) is 0.841. The van der Waals surface area contributed by atoms with Crippen molar-refractivity contribution in [2.24, 2.45) is 0 Å². The van der Waals surface area contributed by atoms with Gasteiger partial charge >= 0.3 is 30.0 Å². The molecule has 0 atom stereocenters. The van der Waals surface area contributed by atoms with E-state index in [0.29, 0.717) is 0 Å². The van der Waals surface area contributed by atoms with Crippen molar-refractivity contribution in [3.63, 3.8) is 0 Å². The normalized spacial score (nSPS) is 6.08. The van der Waals surface area contributed by atoms with Crippen molar-refractivity contribution in [2.45, 2.75) is 54.4 Å². The molecular formula is C10H26BrIZn. The number of halogens is 2. The van der Waals surface area contributed by atoms with E-state index in [1.165, 1.54) is 40.0 Å². The van der Waals surface area contributed by atoms with Gasteiger partial charge in [-0.25, -0.2) is 0 Å². The molecule has 0 N–H and O–H groups in total. The third kappa shape index (κ3) is 82.9. The van der Waals surface area contributed by atoms with Crippen LogP contribution in [0.4, 0.5) is 0 Å². The van der Waals surface area contributed by atoms with E-state index < -0.39 is 0 Å². The molecule has 0 saturated heterocycles. The molecule has 82 valence electrons. The number of unbranched alkanes of at least 4 members (excludes halogenated alkanes) is 2. The fourth-order valence-electron chi connectivity index (χ4n) is 0.134. The van der Waals surface area contributed by atoms with Crippen LogP contribution in [0.15, 0.2) is 0 Å². The van der Waals surface area contributed by atoms with Gasteiger partial charge in [-0.1, -0.05) is 64.1 Å². The molecule has 0 saturated carbocycles. The first-order valence-corrected chi connectivity index (χ1v) is 12.4. The Hall–Kier alpha value is 1.83. The summed E-state index contributed by atoms with van der Waals surface area (Å²) in [5.41, 5.74) is 0. The summed E-state index contributed by atoms with van der Waals surface area (Å²) in [6.07, 6.45) is 4.99. The van der Waals surface area contributed by atoms with Crippen LogP contribution >= 0.6 is 36.2 Å². The average Bonchev–Trinajstić information content (AvgIpc) is 2.10. The molecule has 0 unspecified atom stereocenters. The van der Waals surface area contributed by atoms with Gasteiger partial charge in [0, 0.05) is 0 Å². The first kappa shape index (κ1) is 29.4. The summed E-state index contributed by atoms with van der Waals surface area (Å²) in [4.78, 5) is 0. The molecule has 0 radical (unpaired) electrons. The quantitative estimate of drug-likeness (QED) is 0.230. The molecule has 0 rings (SSSR count). The van der Waals surface area contributed by atoms with Crippen LogP contribution in [0.3, 0.4) is 0 Å². The number of rotatable bonds is 3. The molecule has 0 fully saturated rings. The topological polar surface area (TPSA) is 0 Å². The van der Waals surface area contributed by atoms with E-state index in [1.54, 1.807) is 0 Å². The van der Waals surface area contributed by atoms with Crippen LogP contribution in [0, 0.1) is 6.92 Å². The molecular weight excluding hydrogens is 392 g/mol. The van der Waals surface area contributed by atoms with Crippen LogP contribution < -0.4 is 0 Å². The van der Waals surface area contributed by atoms with Gasteiger partial charge in [-0.05, 0) is 10.8 Å². The zero-order valence-corrected chi connectivity index (χ0v) is 14.4. The van der Waals surface area contributed by atoms with E-state index in [-0.39, 0.29) is 14.9 Å². The van der Waals surface area contributed by atoms with E-state index in [2.05, 4.69) is 57.0 Å². The maximum absolute atomic E-state index is 3.60. The second-order valence-electron chi connectivity index (χ2n) is 1.90. The molecule has 0 aliphatic heterocycles. The van der Waals surface area contributed by atoms with Crippen molar-refractivity contribution in [2.75, 3.05) is 4.43 Å². The van der Waals surface area contributed by atoms with Gasteiger partial charge < -0.3 is 6.92 Å². The number of alkyl halides is 1. The van der Waals surface area contributed by atoms with Gasteiger partial charge in [-0.2, -0.15) is 6.42 Å². The molecule has 0 aliphatic carbocycles. The predicted octanol–water partition coefficient (Wildman–Crippen LogP) is 5.96. The van der Waals surface area contributed by atoms with E-state index in [1.807, 2.05) is 0 Å². The summed E-state index contributed by atoms with van der Waals surface area (Å²) < 4.78 is 1.31. The van der Waals surface area contributed by atoms with Crippen molar-refractivity contribution in [1.29, 1.82) is 0 Å². The summed E-state index contributed by atoms with van der Waals surface area (Å²) in [5, 5.41) is 0. The molecule has 0 aliphatic rings. The van der Waals surface area contributed by atoms with Crippen molar-refractivity contribution >= 4 is 36.2 Å². The Morgan fingerprint density at radius 2 is 1.46 bits per heavy atom. The van der Waals surface area contributed by atoms with Gasteiger partial charge in [0.15, 0.2) is 0 Å². The molecule has 0 aromatic heterocycles. The second kappa shape index (κ2) is 48.8. The Labute approximate surface area is 117 Å². The standard InChI is InChI=1S/C4H9I.C4H9.2CH4.BrH.Zn/c1-2-3-4-5;1-3-4-2;;;;/h2-4H2,1H3;1,3-4H2,2H3;2*1H4;1H;/q;-1;;;;+2/p-1. The zero-order valence-electron chi connectivity index (χ0n) is 7.71. The first-order valence-electron chi connectivity index (χ1n) is 3.95. The summed E-state index contributed by atoms with van der Waals surface area (Å²) in [6, 6.07) is 0. The van der Waals surface area contributed by atoms with Crippen LogP contribution in [0.5, 0.6) is 0 Å². The average molecular weight is 419 g/mol. The molecule has 0 aromatic rings. The fourth-order valence-corrected chi connectivity index (χ4v) is 0.896. The van der Waals surface area contributed by atoms with Crippen molar-refractivity contribution in [3.8, 4) is 0 Å². The van der Waals surface area contributed by atoms with Gasteiger partial charge in [-0.15, -0.1) is 0 Å². The predicted molar refractivity (Wildman–Crippen MR) is 76.4 cm³/mol. The van der Waals surface area contributed by atoms with E-state index in [4.69, 9.17) is 0 Å². The van der Waals surface area contributed by atoms with E-state index >= 15 is 0 Å². The van der Waals surface area contributed by atoms with Crippen LogP contribution in [0.1, 0.15) is 54.4 Å². The van der Waals surface area contributed by atoms with Gasteiger partial charge in [-0.3, -0.25) is 0 Å². The van der Waals surface area contributed by atoms with Crippen molar-refractivity contribution in [3.05, 3.63) is 6.92 Å². The minimum atomic E-state index is 0. The summed E-state index contributed by atoms with van der Waals surface area (Å²) in [7, 11) is 0. The van der Waals surface area contributed by atoms with Gasteiger partial charge in [0.2, 0.25) is 0 Å². The van der Waals surface area contributed by atoms with Crippen LogP contribution in [0.2, 0.25) is 0 Å². The summed E-state index contributed by atoms with van der Waals surface area (Å²) in [5.74, 6) is 0. The summed E-state index contributed by atoms with van der Waals surface area (Å²) >= 11 is 6.64. The number of hydrogen-bond acceptors (Lipinski definition) is 0. The summed E-state index contributed by atoms with van der Waals surface area (Å²) in [6.45, 7) is 7.93. The van der Waals surface area contributed by atoms with E-state index in [9.17, 15) is 0 Å². The maximum atomic E-state index is 3.60. The van der Waals surface area contributed by atoms with Crippen molar-refractivity contribution in [1.82, 2.24) is 0 Å². The third-order valence-corrected chi connectivity index (χ3v) is 1.60. The molecule has 0 heterocycles. The molecule has 0 aromatic carbocycles. The molecule has 0 nitrogen and oxygen atoms in total. The Balaban J connectivity index is -0.0000000246. The van der Waals surface area contributed by atoms with Crippen LogP contribution in [0.25, 0.3) is 0 Å². The molecule has 0 spiro atoms. The van der Waals surface area contributed by atoms with E-state index in [0.717, 1.165) is 6.42 Å². The van der Waals surface area contributed by atoms with Crippen LogP contribution in [-0.2, 0) is 16.3 Å². The molecule has 0 amide bonds. The van der Waals surface area contributed by atoms with Gasteiger partial charge in [0.25, 0.3) is 0 Å². The van der Waals surface area contributed by atoms with Crippen LogP contribution in [-0.4, -0.2) is 4.43 Å². The fraction of sp³-hybridized carbons (Fsp3) is 0.900. The molecule has 0 bridgehead atoms. The number of hydrogen-bond donors (Lipinski definition) is 0. The zero-order chi connectivity index (χ0) is 9.54. The van der Waals surface area contributed by atoms with Crippen molar-refractivity contribution < 1.29 is 16.3 Å². The Kier molecular flexibility index (Phi) is 110. The van der Waals surface area contributed by atoms with Gasteiger partial charge in [0.1, 0.15) is 0 Å². The molecule has 13 heavy (non-hydrogen) atoms.